The zero-order valence-electron chi connectivity index (χ0n) is 11.3. The first-order valence-corrected chi connectivity index (χ1v) is 6.64. The molecule has 1 unspecified atom stereocenters. The standard InChI is InChI=1S/C15H22N2O/c1-3-10-17-14(12-16)9-11-18-15-7-5-13(4-2)6-8-15/h5-8,14,17H,3-4,9-11H2,1-2H3. The monoisotopic (exact) mass is 246 g/mol. The van der Waals surface area contributed by atoms with Gasteiger partial charge in [0.05, 0.1) is 18.7 Å². The van der Waals surface area contributed by atoms with Gasteiger partial charge in [0.25, 0.3) is 0 Å². The highest BCUT2D eigenvalue weighted by Gasteiger charge is 2.05. The molecule has 0 fully saturated rings. The lowest BCUT2D eigenvalue weighted by Gasteiger charge is -2.11. The van der Waals surface area contributed by atoms with Gasteiger partial charge in [0.2, 0.25) is 0 Å². The molecule has 0 amide bonds. The van der Waals surface area contributed by atoms with Crippen molar-refractivity contribution in [2.45, 2.75) is 39.2 Å². The van der Waals surface area contributed by atoms with Crippen molar-refractivity contribution < 1.29 is 4.74 Å². The number of aryl methyl sites for hydroxylation is 1. The average Bonchev–Trinajstić information content (AvgIpc) is 2.43. The Balaban J connectivity index is 2.29. The second kappa shape index (κ2) is 8.54. The molecule has 0 aliphatic carbocycles. The van der Waals surface area contributed by atoms with Gasteiger partial charge in [-0.3, -0.25) is 0 Å². The predicted molar refractivity (Wildman–Crippen MR) is 73.6 cm³/mol. The summed E-state index contributed by atoms with van der Waals surface area (Å²) in [6, 6.07) is 10.3. The van der Waals surface area contributed by atoms with Crippen molar-refractivity contribution in [2.75, 3.05) is 13.2 Å². The van der Waals surface area contributed by atoms with Crippen LogP contribution in [0.3, 0.4) is 0 Å². The maximum atomic E-state index is 8.95. The quantitative estimate of drug-likeness (QED) is 0.767. The summed E-state index contributed by atoms with van der Waals surface area (Å²) >= 11 is 0. The van der Waals surface area contributed by atoms with Crippen LogP contribution in [0.15, 0.2) is 24.3 Å². The molecule has 98 valence electrons. The summed E-state index contributed by atoms with van der Waals surface area (Å²) in [5, 5.41) is 12.1. The third-order valence-corrected chi connectivity index (χ3v) is 2.80. The molecule has 1 rings (SSSR count). The van der Waals surface area contributed by atoms with Crippen molar-refractivity contribution in [1.82, 2.24) is 5.32 Å². The van der Waals surface area contributed by atoms with Crippen molar-refractivity contribution in [3.05, 3.63) is 29.8 Å². The third kappa shape index (κ3) is 5.20. The Labute approximate surface area is 110 Å². The van der Waals surface area contributed by atoms with Gasteiger partial charge in [-0.05, 0) is 37.1 Å². The summed E-state index contributed by atoms with van der Waals surface area (Å²) in [6.45, 7) is 5.67. The van der Waals surface area contributed by atoms with Crippen molar-refractivity contribution in [1.29, 1.82) is 5.26 Å². The second-order valence-corrected chi connectivity index (χ2v) is 4.27. The molecule has 0 heterocycles. The molecule has 3 nitrogen and oxygen atoms in total. The van der Waals surface area contributed by atoms with E-state index >= 15 is 0 Å². The van der Waals surface area contributed by atoms with E-state index < -0.39 is 0 Å². The Morgan fingerprint density at radius 1 is 1.28 bits per heavy atom. The van der Waals surface area contributed by atoms with Crippen LogP contribution in [-0.2, 0) is 6.42 Å². The molecule has 0 saturated carbocycles. The van der Waals surface area contributed by atoms with E-state index in [0.717, 1.165) is 25.1 Å². The Morgan fingerprint density at radius 3 is 2.56 bits per heavy atom. The summed E-state index contributed by atoms with van der Waals surface area (Å²) in [5.74, 6) is 0.874. The molecule has 0 aromatic heterocycles. The van der Waals surface area contributed by atoms with Gasteiger partial charge in [-0.2, -0.15) is 5.26 Å². The topological polar surface area (TPSA) is 45.0 Å². The highest BCUT2D eigenvalue weighted by molar-refractivity contribution is 5.27. The minimum absolute atomic E-state index is 0.111. The van der Waals surface area contributed by atoms with Crippen molar-refractivity contribution in [2.24, 2.45) is 0 Å². The van der Waals surface area contributed by atoms with Crippen molar-refractivity contribution in [3.8, 4) is 11.8 Å². The number of nitrogens with one attached hydrogen (secondary N) is 1. The first-order chi connectivity index (χ1) is 8.80. The van der Waals surface area contributed by atoms with E-state index in [2.05, 4.69) is 37.4 Å². The Morgan fingerprint density at radius 2 is 2.00 bits per heavy atom. The van der Waals surface area contributed by atoms with E-state index in [1.165, 1.54) is 5.56 Å². The molecule has 0 aliphatic heterocycles. The molecule has 1 atom stereocenters. The summed E-state index contributed by atoms with van der Waals surface area (Å²) < 4.78 is 5.63. The van der Waals surface area contributed by atoms with Crippen LogP contribution in [-0.4, -0.2) is 19.2 Å². The zero-order chi connectivity index (χ0) is 13.2. The van der Waals surface area contributed by atoms with Crippen LogP contribution >= 0.6 is 0 Å². The van der Waals surface area contributed by atoms with Gasteiger partial charge in [-0.25, -0.2) is 0 Å². The summed E-state index contributed by atoms with van der Waals surface area (Å²) in [5.41, 5.74) is 1.31. The molecular formula is C15H22N2O. The van der Waals surface area contributed by atoms with E-state index in [1.807, 2.05) is 12.1 Å². The molecule has 3 heteroatoms. The number of nitriles is 1. The van der Waals surface area contributed by atoms with Gasteiger partial charge in [0.1, 0.15) is 5.75 Å². The van der Waals surface area contributed by atoms with Crippen LogP contribution in [0.4, 0.5) is 0 Å². The molecule has 1 aromatic rings. The molecular weight excluding hydrogens is 224 g/mol. The zero-order valence-corrected chi connectivity index (χ0v) is 11.3. The largest absolute Gasteiger partial charge is 0.493 e. The Bertz CT molecular complexity index is 367. The third-order valence-electron chi connectivity index (χ3n) is 2.80. The van der Waals surface area contributed by atoms with Crippen molar-refractivity contribution in [3.63, 3.8) is 0 Å². The minimum atomic E-state index is -0.111. The lowest BCUT2D eigenvalue weighted by atomic mass is 10.2. The second-order valence-electron chi connectivity index (χ2n) is 4.27. The highest BCUT2D eigenvalue weighted by atomic mass is 16.5. The first kappa shape index (κ1) is 14.5. The number of hydrogen-bond donors (Lipinski definition) is 1. The number of hydrogen-bond acceptors (Lipinski definition) is 3. The number of nitrogens with zero attached hydrogens (tertiary/aromatic N) is 1. The van der Waals surface area contributed by atoms with Gasteiger partial charge in [0, 0.05) is 6.42 Å². The van der Waals surface area contributed by atoms with E-state index in [9.17, 15) is 0 Å². The summed E-state index contributed by atoms with van der Waals surface area (Å²) in [6.07, 6.45) is 2.79. The fourth-order valence-electron chi connectivity index (χ4n) is 1.65. The molecule has 0 saturated heterocycles. The van der Waals surface area contributed by atoms with Gasteiger partial charge >= 0.3 is 0 Å². The van der Waals surface area contributed by atoms with E-state index in [1.54, 1.807) is 0 Å². The van der Waals surface area contributed by atoms with Crippen LogP contribution in [0.25, 0.3) is 0 Å². The normalized spacial score (nSPS) is 11.8. The SMILES string of the molecule is CCCNC(C#N)CCOc1ccc(CC)cc1. The maximum Gasteiger partial charge on any atom is 0.119 e. The van der Waals surface area contributed by atoms with Gasteiger partial charge < -0.3 is 10.1 Å². The molecule has 0 spiro atoms. The fraction of sp³-hybridized carbons (Fsp3) is 0.533. The molecule has 1 N–H and O–H groups in total. The fourth-order valence-corrected chi connectivity index (χ4v) is 1.65. The van der Waals surface area contributed by atoms with E-state index in [-0.39, 0.29) is 6.04 Å². The van der Waals surface area contributed by atoms with Gasteiger partial charge in [0.15, 0.2) is 0 Å². The number of ether oxygens (including phenoxy) is 1. The Kier molecular flexibility index (Phi) is 6.90. The highest BCUT2D eigenvalue weighted by Crippen LogP contribution is 2.12. The van der Waals surface area contributed by atoms with E-state index in [0.29, 0.717) is 13.0 Å². The molecule has 0 aliphatic rings. The van der Waals surface area contributed by atoms with Crippen LogP contribution in [0.2, 0.25) is 0 Å². The number of benzene rings is 1. The molecule has 0 radical (unpaired) electrons. The lowest BCUT2D eigenvalue weighted by Crippen LogP contribution is -2.29. The summed E-state index contributed by atoms with van der Waals surface area (Å²) in [7, 11) is 0. The van der Waals surface area contributed by atoms with Gasteiger partial charge in [-0.1, -0.05) is 26.0 Å². The van der Waals surface area contributed by atoms with Crippen molar-refractivity contribution >= 4 is 0 Å². The smallest absolute Gasteiger partial charge is 0.119 e. The Hall–Kier alpha value is -1.53. The maximum absolute atomic E-state index is 8.95. The molecule has 0 bridgehead atoms. The molecule has 1 aromatic carbocycles. The van der Waals surface area contributed by atoms with E-state index in [4.69, 9.17) is 10.00 Å². The van der Waals surface area contributed by atoms with Crippen LogP contribution in [0.5, 0.6) is 5.75 Å². The van der Waals surface area contributed by atoms with Crippen LogP contribution in [0, 0.1) is 11.3 Å². The minimum Gasteiger partial charge on any atom is -0.493 e. The molecule has 18 heavy (non-hydrogen) atoms. The lowest BCUT2D eigenvalue weighted by molar-refractivity contribution is 0.298. The summed E-state index contributed by atoms with van der Waals surface area (Å²) in [4.78, 5) is 0. The first-order valence-electron chi connectivity index (χ1n) is 6.64. The number of rotatable bonds is 8. The van der Waals surface area contributed by atoms with Gasteiger partial charge in [-0.15, -0.1) is 0 Å². The van der Waals surface area contributed by atoms with Crippen LogP contribution < -0.4 is 10.1 Å². The predicted octanol–water partition coefficient (Wildman–Crippen LogP) is 2.91. The van der Waals surface area contributed by atoms with Crippen LogP contribution in [0.1, 0.15) is 32.3 Å². The average molecular weight is 246 g/mol.